The molecule has 0 spiro atoms. The summed E-state index contributed by atoms with van der Waals surface area (Å²) in [6.07, 6.45) is 1.67. The molecule has 128 valence electrons. The fraction of sp³-hybridized carbons (Fsp3) is 0.176. The van der Waals surface area contributed by atoms with Crippen molar-refractivity contribution in [3.63, 3.8) is 0 Å². The molecule has 0 unspecified atom stereocenters. The Hall–Kier alpha value is -1.73. The van der Waals surface area contributed by atoms with Crippen LogP contribution in [0.5, 0.6) is 5.75 Å². The van der Waals surface area contributed by atoms with Gasteiger partial charge in [-0.05, 0) is 30.3 Å². The van der Waals surface area contributed by atoms with Gasteiger partial charge >= 0.3 is 0 Å². The van der Waals surface area contributed by atoms with E-state index in [9.17, 15) is 0 Å². The van der Waals surface area contributed by atoms with Crippen LogP contribution in [0.1, 0.15) is 11.1 Å². The fourth-order valence-corrected chi connectivity index (χ4v) is 3.98. The predicted octanol–water partition coefficient (Wildman–Crippen LogP) is 4.73. The molecular formula is C17H13Cl2N3O2S. The topological polar surface area (TPSA) is 49.2 Å². The molecule has 0 N–H and O–H groups in total. The lowest BCUT2D eigenvalue weighted by Gasteiger charge is -2.21. The molecule has 5 nitrogen and oxygen atoms in total. The number of fused-ring (bicyclic) bond motifs is 1. The first-order chi connectivity index (χ1) is 12.2. The van der Waals surface area contributed by atoms with Gasteiger partial charge in [0.1, 0.15) is 12.1 Å². The zero-order valence-corrected chi connectivity index (χ0v) is 15.3. The number of hydrogen-bond donors (Lipinski definition) is 0. The molecule has 0 bridgehead atoms. The molecule has 0 fully saturated rings. The molecule has 0 saturated carbocycles. The van der Waals surface area contributed by atoms with Crippen molar-refractivity contribution in [3.8, 4) is 11.4 Å². The molecular weight excluding hydrogens is 381 g/mol. The van der Waals surface area contributed by atoms with Gasteiger partial charge in [-0.2, -0.15) is 0 Å². The number of thioether (sulfide) groups is 1. The fourth-order valence-electron chi connectivity index (χ4n) is 2.63. The smallest absolute Gasteiger partial charge is 0.195 e. The highest BCUT2D eigenvalue weighted by atomic mass is 35.5. The van der Waals surface area contributed by atoms with E-state index in [-0.39, 0.29) is 6.79 Å². The van der Waals surface area contributed by atoms with Crippen LogP contribution in [-0.2, 0) is 17.1 Å². The van der Waals surface area contributed by atoms with Gasteiger partial charge in [-0.1, -0.05) is 41.0 Å². The minimum atomic E-state index is 0.255. The Balaban J connectivity index is 1.59. The summed E-state index contributed by atoms with van der Waals surface area (Å²) in [5.74, 6) is 1.50. The number of benzene rings is 2. The number of nitrogens with zero attached hydrogens (tertiary/aromatic N) is 3. The summed E-state index contributed by atoms with van der Waals surface area (Å²) in [6, 6.07) is 11.3. The Morgan fingerprint density at radius 3 is 2.96 bits per heavy atom. The predicted molar refractivity (Wildman–Crippen MR) is 97.7 cm³/mol. The van der Waals surface area contributed by atoms with Crippen LogP contribution in [0.25, 0.3) is 5.69 Å². The Morgan fingerprint density at radius 2 is 2.08 bits per heavy atom. The Kier molecular flexibility index (Phi) is 4.85. The molecule has 0 saturated heterocycles. The Morgan fingerprint density at radius 1 is 1.16 bits per heavy atom. The second kappa shape index (κ2) is 7.25. The van der Waals surface area contributed by atoms with Gasteiger partial charge in [0.05, 0.1) is 12.3 Å². The second-order valence-corrected chi connectivity index (χ2v) is 7.23. The van der Waals surface area contributed by atoms with E-state index in [1.54, 1.807) is 18.1 Å². The summed E-state index contributed by atoms with van der Waals surface area (Å²) in [5.41, 5.74) is 2.89. The molecule has 0 aliphatic carbocycles. The van der Waals surface area contributed by atoms with Crippen LogP contribution in [0.2, 0.25) is 10.0 Å². The maximum atomic E-state index is 6.22. The van der Waals surface area contributed by atoms with Crippen molar-refractivity contribution in [3.05, 3.63) is 63.9 Å². The van der Waals surface area contributed by atoms with Crippen molar-refractivity contribution in [2.45, 2.75) is 17.5 Å². The summed E-state index contributed by atoms with van der Waals surface area (Å²) in [5, 5.41) is 10.3. The van der Waals surface area contributed by atoms with Crippen molar-refractivity contribution in [2.24, 2.45) is 0 Å². The standard InChI is InChI=1S/C17H13Cl2N3O2S/c18-13-2-1-3-15(6-13)22-9-20-21-17(22)25-8-12-5-14(19)4-11-7-23-10-24-16(11)12/h1-6,9H,7-8,10H2. The average molecular weight is 394 g/mol. The van der Waals surface area contributed by atoms with E-state index in [2.05, 4.69) is 10.2 Å². The van der Waals surface area contributed by atoms with E-state index in [0.29, 0.717) is 22.4 Å². The van der Waals surface area contributed by atoms with E-state index >= 15 is 0 Å². The van der Waals surface area contributed by atoms with Crippen molar-refractivity contribution in [1.82, 2.24) is 14.8 Å². The minimum Gasteiger partial charge on any atom is -0.467 e. The third-order valence-electron chi connectivity index (χ3n) is 3.71. The van der Waals surface area contributed by atoms with Crippen LogP contribution in [0.3, 0.4) is 0 Å². The van der Waals surface area contributed by atoms with Gasteiger partial charge in [-0.15, -0.1) is 10.2 Å². The zero-order chi connectivity index (χ0) is 17.2. The third kappa shape index (κ3) is 3.62. The van der Waals surface area contributed by atoms with E-state index in [0.717, 1.165) is 27.7 Å². The average Bonchev–Trinajstić information content (AvgIpc) is 3.08. The monoisotopic (exact) mass is 393 g/mol. The lowest BCUT2D eigenvalue weighted by molar-refractivity contribution is -0.0168. The maximum absolute atomic E-state index is 6.22. The van der Waals surface area contributed by atoms with Crippen LogP contribution < -0.4 is 4.74 Å². The summed E-state index contributed by atoms with van der Waals surface area (Å²) < 4.78 is 12.9. The highest BCUT2D eigenvalue weighted by Crippen LogP contribution is 2.35. The molecule has 0 radical (unpaired) electrons. The molecule has 3 aromatic rings. The molecule has 0 atom stereocenters. The molecule has 25 heavy (non-hydrogen) atoms. The number of hydrogen-bond acceptors (Lipinski definition) is 5. The number of ether oxygens (including phenoxy) is 2. The molecule has 1 aliphatic heterocycles. The number of aromatic nitrogens is 3. The van der Waals surface area contributed by atoms with Gasteiger partial charge in [0.25, 0.3) is 0 Å². The normalized spacial score (nSPS) is 13.4. The summed E-state index contributed by atoms with van der Waals surface area (Å²) in [6.45, 7) is 0.761. The van der Waals surface area contributed by atoms with Crippen LogP contribution >= 0.6 is 35.0 Å². The minimum absolute atomic E-state index is 0.255. The van der Waals surface area contributed by atoms with E-state index in [1.807, 2.05) is 41.0 Å². The van der Waals surface area contributed by atoms with Gasteiger partial charge in [-0.25, -0.2) is 0 Å². The van der Waals surface area contributed by atoms with Crippen LogP contribution in [-0.4, -0.2) is 21.6 Å². The van der Waals surface area contributed by atoms with E-state index in [4.69, 9.17) is 32.7 Å². The highest BCUT2D eigenvalue weighted by molar-refractivity contribution is 7.98. The van der Waals surface area contributed by atoms with Crippen molar-refractivity contribution in [1.29, 1.82) is 0 Å². The van der Waals surface area contributed by atoms with Crippen LogP contribution in [0, 0.1) is 0 Å². The van der Waals surface area contributed by atoms with Gasteiger partial charge < -0.3 is 9.47 Å². The van der Waals surface area contributed by atoms with Gasteiger partial charge in [0.2, 0.25) is 0 Å². The summed E-state index contributed by atoms with van der Waals surface area (Å²) >= 11 is 13.9. The first kappa shape index (κ1) is 16.7. The molecule has 8 heteroatoms. The van der Waals surface area contributed by atoms with E-state index < -0.39 is 0 Å². The second-order valence-electron chi connectivity index (χ2n) is 5.42. The van der Waals surface area contributed by atoms with Gasteiger partial charge in [-0.3, -0.25) is 4.57 Å². The van der Waals surface area contributed by atoms with Gasteiger partial charge in [0.15, 0.2) is 11.9 Å². The van der Waals surface area contributed by atoms with Crippen LogP contribution in [0.15, 0.2) is 47.9 Å². The summed E-state index contributed by atoms with van der Waals surface area (Å²) in [7, 11) is 0. The quantitative estimate of drug-likeness (QED) is 0.599. The Bertz CT molecular complexity index is 917. The maximum Gasteiger partial charge on any atom is 0.195 e. The van der Waals surface area contributed by atoms with Crippen molar-refractivity contribution in [2.75, 3.05) is 6.79 Å². The molecule has 4 rings (SSSR count). The molecule has 0 amide bonds. The Labute approximate surface area is 158 Å². The van der Waals surface area contributed by atoms with E-state index in [1.165, 1.54) is 0 Å². The zero-order valence-electron chi connectivity index (χ0n) is 13.0. The van der Waals surface area contributed by atoms with Crippen molar-refractivity contribution < 1.29 is 9.47 Å². The molecule has 2 aromatic carbocycles. The SMILES string of the molecule is Clc1cccc(-n2cnnc2SCc2cc(Cl)cc3c2OCOC3)c1. The number of halogens is 2. The van der Waals surface area contributed by atoms with Gasteiger partial charge in [0, 0.05) is 26.9 Å². The van der Waals surface area contributed by atoms with Crippen LogP contribution in [0.4, 0.5) is 0 Å². The first-order valence-electron chi connectivity index (χ1n) is 7.51. The summed E-state index contributed by atoms with van der Waals surface area (Å²) in [4.78, 5) is 0. The lowest BCUT2D eigenvalue weighted by Crippen LogP contribution is -2.13. The highest BCUT2D eigenvalue weighted by Gasteiger charge is 2.17. The van der Waals surface area contributed by atoms with Crippen molar-refractivity contribution >= 4 is 35.0 Å². The number of rotatable bonds is 4. The molecule has 2 heterocycles. The largest absolute Gasteiger partial charge is 0.467 e. The lowest BCUT2D eigenvalue weighted by atomic mass is 10.1. The molecule has 1 aliphatic rings. The first-order valence-corrected chi connectivity index (χ1v) is 9.25. The third-order valence-corrected chi connectivity index (χ3v) is 5.16. The molecule has 1 aromatic heterocycles.